The van der Waals surface area contributed by atoms with Crippen molar-refractivity contribution in [2.75, 3.05) is 6.61 Å². The van der Waals surface area contributed by atoms with Crippen LogP contribution in [0.5, 0.6) is 0 Å². The maximum Gasteiger partial charge on any atom is 0.264 e. The minimum atomic E-state index is -3.53. The van der Waals surface area contributed by atoms with Crippen molar-refractivity contribution in [3.63, 3.8) is 0 Å². The van der Waals surface area contributed by atoms with E-state index in [9.17, 15) is 8.42 Å². The fourth-order valence-corrected chi connectivity index (χ4v) is 3.84. The van der Waals surface area contributed by atoms with Gasteiger partial charge in [0.2, 0.25) is 0 Å². The van der Waals surface area contributed by atoms with Gasteiger partial charge in [0.05, 0.1) is 17.1 Å². The van der Waals surface area contributed by atoms with Crippen LogP contribution in [0, 0.1) is 12.8 Å². The van der Waals surface area contributed by atoms with Gasteiger partial charge in [-0.15, -0.1) is 0 Å². The van der Waals surface area contributed by atoms with Crippen LogP contribution >= 0.6 is 0 Å². The number of nitrogens with zero attached hydrogens (tertiary/aromatic N) is 1. The van der Waals surface area contributed by atoms with E-state index in [4.69, 9.17) is 4.74 Å². The van der Waals surface area contributed by atoms with E-state index < -0.39 is 10.0 Å². The van der Waals surface area contributed by atoms with Crippen molar-refractivity contribution >= 4 is 10.0 Å². The highest BCUT2D eigenvalue weighted by atomic mass is 32.2. The van der Waals surface area contributed by atoms with Gasteiger partial charge in [-0.3, -0.25) is 4.31 Å². The van der Waals surface area contributed by atoms with E-state index in [1.165, 1.54) is 4.31 Å². The average molecular weight is 295 g/mol. The molecule has 0 saturated heterocycles. The Balaban J connectivity index is 2.45. The lowest BCUT2D eigenvalue weighted by molar-refractivity contribution is 0.106. The van der Waals surface area contributed by atoms with Crippen molar-refractivity contribution in [3.8, 4) is 0 Å². The summed E-state index contributed by atoms with van der Waals surface area (Å²) >= 11 is 0. The van der Waals surface area contributed by atoms with E-state index in [1.54, 1.807) is 25.3 Å². The quantitative estimate of drug-likeness (QED) is 0.861. The molecule has 0 bridgehead atoms. The summed E-state index contributed by atoms with van der Waals surface area (Å²) in [6.45, 7) is 8.10. The van der Waals surface area contributed by atoms with E-state index >= 15 is 0 Å². The monoisotopic (exact) mass is 295 g/mol. The normalized spacial score (nSPS) is 19.8. The predicted octanol–water partition coefficient (Wildman–Crippen LogP) is 2.90. The van der Waals surface area contributed by atoms with Gasteiger partial charge >= 0.3 is 0 Å². The first-order chi connectivity index (χ1) is 9.32. The Hall–Kier alpha value is -1.49. The molecule has 1 aliphatic rings. The van der Waals surface area contributed by atoms with E-state index in [2.05, 4.69) is 0 Å². The van der Waals surface area contributed by atoms with E-state index in [-0.39, 0.29) is 12.0 Å². The second-order valence-corrected chi connectivity index (χ2v) is 7.35. The van der Waals surface area contributed by atoms with Gasteiger partial charge in [0.25, 0.3) is 10.0 Å². The van der Waals surface area contributed by atoms with Crippen molar-refractivity contribution in [1.82, 2.24) is 4.31 Å². The van der Waals surface area contributed by atoms with Gasteiger partial charge in [0.15, 0.2) is 0 Å². The number of ether oxygens (including phenoxy) is 1. The first kappa shape index (κ1) is 14.9. The molecule has 20 heavy (non-hydrogen) atoms. The summed E-state index contributed by atoms with van der Waals surface area (Å²) in [5.41, 5.74) is 1.04. The predicted molar refractivity (Wildman–Crippen MR) is 78.5 cm³/mol. The molecule has 4 nitrogen and oxygen atoms in total. The van der Waals surface area contributed by atoms with Crippen LogP contribution in [0.25, 0.3) is 0 Å². The van der Waals surface area contributed by atoms with E-state index in [1.807, 2.05) is 32.9 Å². The Bertz CT molecular complexity index is 603. The number of aryl methyl sites for hydroxylation is 1. The van der Waals surface area contributed by atoms with E-state index in [0.717, 1.165) is 5.56 Å². The van der Waals surface area contributed by atoms with Crippen LogP contribution in [-0.4, -0.2) is 25.4 Å². The molecule has 110 valence electrons. The van der Waals surface area contributed by atoms with Crippen LogP contribution in [0.4, 0.5) is 0 Å². The zero-order valence-electron chi connectivity index (χ0n) is 12.3. The molecule has 1 aromatic rings. The molecular weight excluding hydrogens is 274 g/mol. The first-order valence-electron chi connectivity index (χ1n) is 6.74. The Morgan fingerprint density at radius 1 is 1.20 bits per heavy atom. The molecule has 0 amide bonds. The highest BCUT2D eigenvalue weighted by Crippen LogP contribution is 2.27. The van der Waals surface area contributed by atoms with Crippen LogP contribution in [-0.2, 0) is 14.8 Å². The van der Waals surface area contributed by atoms with Gasteiger partial charge in [-0.2, -0.15) is 0 Å². The van der Waals surface area contributed by atoms with Crippen LogP contribution < -0.4 is 0 Å². The molecule has 0 aromatic heterocycles. The number of allylic oxidation sites excluding steroid dienone is 1. The third-order valence-corrected chi connectivity index (χ3v) is 5.28. The van der Waals surface area contributed by atoms with Crippen molar-refractivity contribution in [2.24, 2.45) is 5.92 Å². The molecule has 0 saturated carbocycles. The van der Waals surface area contributed by atoms with Crippen LogP contribution in [0.3, 0.4) is 0 Å². The number of hydrogen-bond donors (Lipinski definition) is 0. The second kappa shape index (κ2) is 5.48. The van der Waals surface area contributed by atoms with Crippen LogP contribution in [0.15, 0.2) is 41.1 Å². The Labute approximate surface area is 121 Å². The maximum absolute atomic E-state index is 12.8. The lowest BCUT2D eigenvalue weighted by Gasteiger charge is -2.36. The van der Waals surface area contributed by atoms with Gasteiger partial charge in [0, 0.05) is 0 Å². The smallest absolute Gasteiger partial charge is 0.264 e. The Morgan fingerprint density at radius 2 is 1.80 bits per heavy atom. The molecule has 0 radical (unpaired) electrons. The zero-order chi connectivity index (χ0) is 14.9. The first-order valence-corrected chi connectivity index (χ1v) is 8.18. The summed E-state index contributed by atoms with van der Waals surface area (Å²) in [4.78, 5) is 0.319. The summed E-state index contributed by atoms with van der Waals surface area (Å²) in [6, 6.07) is 6.76. The summed E-state index contributed by atoms with van der Waals surface area (Å²) in [5.74, 6) is 0.803. The number of sulfonamides is 1. The fourth-order valence-electron chi connectivity index (χ4n) is 2.17. The minimum absolute atomic E-state index is 0.176. The lowest BCUT2D eigenvalue weighted by atomic mass is 10.1. The lowest BCUT2D eigenvalue weighted by Crippen LogP contribution is -2.45. The SMILES string of the molecule is CC1=CN(S(=O)(=O)c2ccc(C)cc2)[C@@H](C(C)C)CO1. The molecule has 1 aliphatic heterocycles. The summed E-state index contributed by atoms with van der Waals surface area (Å²) < 4.78 is 32.5. The van der Waals surface area contributed by atoms with E-state index in [0.29, 0.717) is 17.3 Å². The molecule has 2 rings (SSSR count). The molecule has 0 unspecified atom stereocenters. The zero-order valence-corrected chi connectivity index (χ0v) is 13.1. The van der Waals surface area contributed by atoms with Crippen molar-refractivity contribution in [1.29, 1.82) is 0 Å². The molecule has 0 N–H and O–H groups in total. The average Bonchev–Trinajstić information content (AvgIpc) is 2.38. The summed E-state index contributed by atoms with van der Waals surface area (Å²) in [5, 5.41) is 0. The van der Waals surface area contributed by atoms with Gasteiger partial charge in [-0.05, 0) is 31.9 Å². The van der Waals surface area contributed by atoms with Crippen LogP contribution in [0.1, 0.15) is 26.3 Å². The summed E-state index contributed by atoms with van der Waals surface area (Å²) in [7, 11) is -3.53. The van der Waals surface area contributed by atoms with Crippen molar-refractivity contribution in [2.45, 2.75) is 38.6 Å². The third kappa shape index (κ3) is 2.82. The highest BCUT2D eigenvalue weighted by molar-refractivity contribution is 7.89. The van der Waals surface area contributed by atoms with Crippen LogP contribution in [0.2, 0.25) is 0 Å². The number of benzene rings is 1. The second-order valence-electron chi connectivity index (χ2n) is 5.51. The topological polar surface area (TPSA) is 46.6 Å². The molecule has 0 aliphatic carbocycles. The molecular formula is C15H21NO3S. The Kier molecular flexibility index (Phi) is 4.09. The maximum atomic E-state index is 12.8. The largest absolute Gasteiger partial charge is 0.494 e. The molecule has 0 fully saturated rings. The fraction of sp³-hybridized carbons (Fsp3) is 0.467. The van der Waals surface area contributed by atoms with Crippen molar-refractivity contribution < 1.29 is 13.2 Å². The summed E-state index contributed by atoms with van der Waals surface area (Å²) in [6.07, 6.45) is 1.59. The third-order valence-electron chi connectivity index (χ3n) is 3.48. The van der Waals surface area contributed by atoms with Crippen molar-refractivity contribution in [3.05, 3.63) is 41.8 Å². The van der Waals surface area contributed by atoms with Gasteiger partial charge in [0.1, 0.15) is 12.4 Å². The standard InChI is InChI=1S/C15H21NO3S/c1-11(2)15-10-19-13(4)9-16(15)20(17,18)14-7-5-12(3)6-8-14/h5-9,11,15H,10H2,1-4H3/t15-/m1/s1. The molecule has 1 heterocycles. The molecule has 5 heteroatoms. The number of rotatable bonds is 3. The van der Waals surface area contributed by atoms with Gasteiger partial charge < -0.3 is 4.74 Å². The van der Waals surface area contributed by atoms with Gasteiger partial charge in [-0.25, -0.2) is 8.42 Å². The molecule has 1 aromatic carbocycles. The molecule has 0 spiro atoms. The Morgan fingerprint density at radius 3 is 2.35 bits per heavy atom. The minimum Gasteiger partial charge on any atom is -0.494 e. The molecule has 1 atom stereocenters. The highest BCUT2D eigenvalue weighted by Gasteiger charge is 2.34. The number of hydrogen-bond acceptors (Lipinski definition) is 3. The van der Waals surface area contributed by atoms with Gasteiger partial charge in [-0.1, -0.05) is 31.5 Å².